The zero-order chi connectivity index (χ0) is 12.4. The first-order chi connectivity index (χ1) is 7.56. The second kappa shape index (κ2) is 8.99. The van der Waals surface area contributed by atoms with E-state index in [4.69, 9.17) is 26.1 Å². The van der Waals surface area contributed by atoms with Gasteiger partial charge in [-0.05, 0) is 6.92 Å². The summed E-state index contributed by atoms with van der Waals surface area (Å²) in [5, 5.41) is 11.1. The van der Waals surface area contributed by atoms with Gasteiger partial charge in [0.25, 0.3) is 0 Å². The van der Waals surface area contributed by atoms with E-state index in [-0.39, 0.29) is 11.9 Å². The summed E-state index contributed by atoms with van der Waals surface area (Å²) in [4.78, 5) is 0. The number of rotatable bonds is 9. The van der Waals surface area contributed by atoms with E-state index in [0.717, 1.165) is 0 Å². The van der Waals surface area contributed by atoms with E-state index in [1.807, 2.05) is 6.92 Å². The fourth-order valence-corrected chi connectivity index (χ4v) is 0.915. The fourth-order valence-electron chi connectivity index (χ4n) is 0.915. The Balaban J connectivity index is 3.36. The molecule has 0 fully saturated rings. The van der Waals surface area contributed by atoms with E-state index in [1.54, 1.807) is 0 Å². The Hall–Kier alpha value is -1.27. The molecule has 0 heterocycles. The molecule has 0 aliphatic heterocycles. The molecule has 0 spiro atoms. The van der Waals surface area contributed by atoms with E-state index in [2.05, 4.69) is 11.7 Å². The largest absolute Gasteiger partial charge is 0.409 e. The van der Waals surface area contributed by atoms with Crippen molar-refractivity contribution < 1.29 is 14.7 Å². The maximum atomic E-state index is 8.27. The van der Waals surface area contributed by atoms with Crippen LogP contribution in [-0.2, 0) is 9.47 Å². The van der Waals surface area contributed by atoms with Crippen molar-refractivity contribution in [2.45, 2.75) is 25.9 Å². The molecule has 0 rings (SSSR count). The van der Waals surface area contributed by atoms with Crippen LogP contribution in [0.15, 0.2) is 17.4 Å². The Morgan fingerprint density at radius 2 is 2.06 bits per heavy atom. The Kier molecular flexibility index (Phi) is 8.28. The van der Waals surface area contributed by atoms with Gasteiger partial charge in [0.15, 0.2) is 0 Å². The normalized spacial score (nSPS) is 13.7. The predicted molar refractivity (Wildman–Crippen MR) is 62.2 cm³/mol. The molecule has 0 bridgehead atoms. The first-order valence-corrected chi connectivity index (χ1v) is 5.15. The van der Waals surface area contributed by atoms with Crippen molar-refractivity contribution in [3.05, 3.63) is 12.3 Å². The lowest BCUT2D eigenvalue weighted by atomic mass is 10.3. The Morgan fingerprint density at radius 1 is 1.38 bits per heavy atom. The minimum atomic E-state index is -0.00774. The Bertz CT molecular complexity index is 231. The standard InChI is InChI=1S/C10H21N3O3/c1-8(11)3-6-16-9(2)7-15-5-4-10(12)13-14/h9,14H,1,3-7,11H2,2H3,(H2,12,13). The highest BCUT2D eigenvalue weighted by Gasteiger charge is 2.02. The van der Waals surface area contributed by atoms with Crippen LogP contribution >= 0.6 is 0 Å². The number of hydrogen-bond acceptors (Lipinski definition) is 5. The Morgan fingerprint density at radius 3 is 2.62 bits per heavy atom. The van der Waals surface area contributed by atoms with Crippen LogP contribution in [0.25, 0.3) is 0 Å². The Labute approximate surface area is 95.9 Å². The average molecular weight is 231 g/mol. The SMILES string of the molecule is C=C(N)CCOC(C)COCC/C(N)=N\O. The molecule has 0 amide bonds. The summed E-state index contributed by atoms with van der Waals surface area (Å²) in [5.74, 6) is 0.160. The van der Waals surface area contributed by atoms with E-state index in [9.17, 15) is 0 Å². The van der Waals surface area contributed by atoms with Gasteiger partial charge in [-0.25, -0.2) is 0 Å². The second-order valence-electron chi connectivity index (χ2n) is 3.51. The van der Waals surface area contributed by atoms with E-state index >= 15 is 0 Å². The summed E-state index contributed by atoms with van der Waals surface area (Å²) in [7, 11) is 0. The zero-order valence-corrected chi connectivity index (χ0v) is 9.69. The number of amidine groups is 1. The molecule has 5 N–H and O–H groups in total. The van der Waals surface area contributed by atoms with Crippen LogP contribution in [0.3, 0.4) is 0 Å². The molecule has 6 nitrogen and oxygen atoms in total. The number of oxime groups is 1. The first kappa shape index (κ1) is 14.7. The lowest BCUT2D eigenvalue weighted by Gasteiger charge is -2.13. The van der Waals surface area contributed by atoms with E-state index in [0.29, 0.717) is 38.4 Å². The molecule has 0 aliphatic rings. The van der Waals surface area contributed by atoms with Crippen LogP contribution in [0.2, 0.25) is 0 Å². The molecule has 1 unspecified atom stereocenters. The quantitative estimate of drug-likeness (QED) is 0.175. The number of nitrogens with two attached hydrogens (primary N) is 2. The molecule has 0 aliphatic carbocycles. The maximum Gasteiger partial charge on any atom is 0.141 e. The van der Waals surface area contributed by atoms with Gasteiger partial charge in [0.05, 0.1) is 25.9 Å². The first-order valence-electron chi connectivity index (χ1n) is 5.15. The second-order valence-corrected chi connectivity index (χ2v) is 3.51. The molecule has 16 heavy (non-hydrogen) atoms. The van der Waals surface area contributed by atoms with Gasteiger partial charge in [0.2, 0.25) is 0 Å². The van der Waals surface area contributed by atoms with Gasteiger partial charge in [-0.15, -0.1) is 0 Å². The summed E-state index contributed by atoms with van der Waals surface area (Å²) >= 11 is 0. The molecule has 0 radical (unpaired) electrons. The topological polar surface area (TPSA) is 103 Å². The molecule has 1 atom stereocenters. The van der Waals surface area contributed by atoms with Crippen LogP contribution < -0.4 is 11.5 Å². The molecule has 0 aromatic rings. The van der Waals surface area contributed by atoms with Gasteiger partial charge < -0.3 is 26.1 Å². The van der Waals surface area contributed by atoms with Crippen LogP contribution in [0, 0.1) is 0 Å². The lowest BCUT2D eigenvalue weighted by molar-refractivity contribution is -0.00381. The van der Waals surface area contributed by atoms with Gasteiger partial charge in [-0.2, -0.15) is 0 Å². The van der Waals surface area contributed by atoms with Crippen molar-refractivity contribution in [2.75, 3.05) is 19.8 Å². The third kappa shape index (κ3) is 9.29. The van der Waals surface area contributed by atoms with Crippen molar-refractivity contribution in [3.63, 3.8) is 0 Å². The summed E-state index contributed by atoms with van der Waals surface area (Å²) < 4.78 is 10.7. The fraction of sp³-hybridized carbons (Fsp3) is 0.700. The summed E-state index contributed by atoms with van der Waals surface area (Å²) in [6.45, 7) is 6.90. The molecule has 94 valence electrons. The highest BCUT2D eigenvalue weighted by atomic mass is 16.5. The van der Waals surface area contributed by atoms with Crippen LogP contribution in [0.1, 0.15) is 19.8 Å². The van der Waals surface area contributed by atoms with Gasteiger partial charge in [-0.1, -0.05) is 11.7 Å². The minimum Gasteiger partial charge on any atom is -0.409 e. The van der Waals surface area contributed by atoms with E-state index < -0.39 is 0 Å². The lowest BCUT2D eigenvalue weighted by Crippen LogP contribution is -2.20. The summed E-state index contributed by atoms with van der Waals surface area (Å²) in [5.41, 5.74) is 11.3. The van der Waals surface area contributed by atoms with Gasteiger partial charge in [0, 0.05) is 18.5 Å². The smallest absolute Gasteiger partial charge is 0.141 e. The molecule has 0 aromatic heterocycles. The molecular weight excluding hydrogens is 210 g/mol. The molecule has 0 saturated carbocycles. The highest BCUT2D eigenvalue weighted by molar-refractivity contribution is 5.79. The van der Waals surface area contributed by atoms with Crippen molar-refractivity contribution >= 4 is 5.84 Å². The van der Waals surface area contributed by atoms with Crippen molar-refractivity contribution in [1.29, 1.82) is 0 Å². The average Bonchev–Trinajstić information content (AvgIpc) is 2.23. The van der Waals surface area contributed by atoms with Gasteiger partial charge >= 0.3 is 0 Å². The third-order valence-electron chi connectivity index (χ3n) is 1.81. The van der Waals surface area contributed by atoms with Crippen molar-refractivity contribution in [3.8, 4) is 0 Å². The number of hydrogen-bond donors (Lipinski definition) is 3. The van der Waals surface area contributed by atoms with Crippen LogP contribution in [0.5, 0.6) is 0 Å². The molecule has 0 aromatic carbocycles. The minimum absolute atomic E-state index is 0.00774. The number of nitrogens with zero attached hydrogens (tertiary/aromatic N) is 1. The van der Waals surface area contributed by atoms with Crippen LogP contribution in [-0.4, -0.2) is 37.0 Å². The van der Waals surface area contributed by atoms with Crippen LogP contribution in [0.4, 0.5) is 0 Å². The van der Waals surface area contributed by atoms with Crippen molar-refractivity contribution in [2.24, 2.45) is 16.6 Å². The monoisotopic (exact) mass is 231 g/mol. The molecule has 6 heteroatoms. The predicted octanol–water partition coefficient (Wildman–Crippen LogP) is 0.407. The highest BCUT2D eigenvalue weighted by Crippen LogP contribution is 1.97. The van der Waals surface area contributed by atoms with Crippen molar-refractivity contribution in [1.82, 2.24) is 0 Å². The van der Waals surface area contributed by atoms with Gasteiger partial charge in [-0.3, -0.25) is 0 Å². The third-order valence-corrected chi connectivity index (χ3v) is 1.81. The van der Waals surface area contributed by atoms with Gasteiger partial charge in [0.1, 0.15) is 5.84 Å². The maximum absolute atomic E-state index is 8.27. The molecular formula is C10H21N3O3. The zero-order valence-electron chi connectivity index (χ0n) is 9.69. The van der Waals surface area contributed by atoms with E-state index in [1.165, 1.54) is 0 Å². The summed E-state index contributed by atoms with van der Waals surface area (Å²) in [6, 6.07) is 0. The summed E-state index contributed by atoms with van der Waals surface area (Å²) in [6.07, 6.45) is 1.05. The molecule has 0 saturated heterocycles. The number of ether oxygens (including phenoxy) is 2.